The third-order valence-corrected chi connectivity index (χ3v) is 4.38. The van der Waals surface area contributed by atoms with Gasteiger partial charge in [-0.1, -0.05) is 37.3 Å². The van der Waals surface area contributed by atoms with Crippen molar-refractivity contribution in [3.63, 3.8) is 0 Å². The molecule has 0 aromatic heterocycles. The van der Waals surface area contributed by atoms with E-state index in [1.807, 2.05) is 30.3 Å². The Hall–Kier alpha value is -3.22. The maximum atomic E-state index is 12.1. The molecule has 2 amide bonds. The average molecular weight is 353 g/mol. The van der Waals surface area contributed by atoms with E-state index in [-0.39, 0.29) is 29.6 Å². The Labute approximate surface area is 150 Å². The van der Waals surface area contributed by atoms with Gasteiger partial charge in [0, 0.05) is 24.9 Å². The zero-order chi connectivity index (χ0) is 18.7. The number of amides is 2. The number of imide groups is 1. The van der Waals surface area contributed by atoms with Crippen molar-refractivity contribution in [3.05, 3.63) is 64.2 Å². The molecule has 7 nitrogen and oxygen atoms in total. The van der Waals surface area contributed by atoms with Gasteiger partial charge in [0.05, 0.1) is 10.6 Å². The molecule has 1 heterocycles. The smallest absolute Gasteiger partial charge is 0.294 e. The number of nitrogens with one attached hydrogen (secondary N) is 1. The first-order chi connectivity index (χ1) is 12.5. The van der Waals surface area contributed by atoms with E-state index in [9.17, 15) is 19.7 Å². The number of hydrogen-bond acceptors (Lipinski definition) is 5. The number of anilines is 2. The highest BCUT2D eigenvalue weighted by atomic mass is 16.6. The molecule has 134 valence electrons. The molecule has 26 heavy (non-hydrogen) atoms. The normalized spacial score (nSPS) is 16.8. The van der Waals surface area contributed by atoms with E-state index in [0.29, 0.717) is 12.2 Å². The second-order valence-corrected chi connectivity index (χ2v) is 6.29. The summed E-state index contributed by atoms with van der Waals surface area (Å²) in [5, 5.41) is 14.5. The molecule has 2 aromatic rings. The molecular weight excluding hydrogens is 334 g/mol. The van der Waals surface area contributed by atoms with Crippen LogP contribution in [0.15, 0.2) is 48.5 Å². The highest BCUT2D eigenvalue weighted by Gasteiger charge is 2.37. The van der Waals surface area contributed by atoms with Crippen LogP contribution >= 0.6 is 0 Å². The third-order valence-electron chi connectivity index (χ3n) is 4.38. The highest BCUT2D eigenvalue weighted by Crippen LogP contribution is 2.33. The summed E-state index contributed by atoms with van der Waals surface area (Å²) < 4.78 is 0. The van der Waals surface area contributed by atoms with E-state index >= 15 is 0 Å². The van der Waals surface area contributed by atoms with Crippen molar-refractivity contribution in [1.82, 2.24) is 0 Å². The molecule has 1 aliphatic heterocycles. The van der Waals surface area contributed by atoms with Crippen LogP contribution in [-0.4, -0.2) is 23.3 Å². The molecule has 1 saturated heterocycles. The topological polar surface area (TPSA) is 92.6 Å². The Balaban J connectivity index is 1.78. The first-order valence-electron chi connectivity index (χ1n) is 8.40. The molecule has 2 aromatic carbocycles. The summed E-state index contributed by atoms with van der Waals surface area (Å²) in [4.78, 5) is 36.1. The van der Waals surface area contributed by atoms with Gasteiger partial charge in [0.1, 0.15) is 5.69 Å². The average Bonchev–Trinajstić information content (AvgIpc) is 2.88. The summed E-state index contributed by atoms with van der Waals surface area (Å²) in [6, 6.07) is 14.2. The molecule has 0 radical (unpaired) electrons. The maximum absolute atomic E-state index is 12.1. The van der Waals surface area contributed by atoms with Crippen molar-refractivity contribution < 1.29 is 14.5 Å². The van der Waals surface area contributed by atoms with Gasteiger partial charge in [-0.25, -0.2) is 0 Å². The Bertz CT molecular complexity index is 851. The predicted octanol–water partition coefficient (Wildman–Crippen LogP) is 3.15. The van der Waals surface area contributed by atoms with Crippen molar-refractivity contribution in [2.75, 3.05) is 16.8 Å². The second kappa shape index (κ2) is 7.35. The van der Waals surface area contributed by atoms with Crippen molar-refractivity contribution in [3.8, 4) is 0 Å². The van der Waals surface area contributed by atoms with E-state index in [1.54, 1.807) is 19.1 Å². The van der Waals surface area contributed by atoms with Gasteiger partial charge >= 0.3 is 0 Å². The van der Waals surface area contributed by atoms with Crippen LogP contribution in [0.1, 0.15) is 18.9 Å². The Morgan fingerprint density at radius 2 is 1.92 bits per heavy atom. The van der Waals surface area contributed by atoms with Crippen LogP contribution in [0.5, 0.6) is 0 Å². The lowest BCUT2D eigenvalue weighted by Gasteiger charge is -2.15. The van der Waals surface area contributed by atoms with E-state index in [0.717, 1.165) is 16.9 Å². The fourth-order valence-electron chi connectivity index (χ4n) is 3.00. The quantitative estimate of drug-likeness (QED) is 0.489. The van der Waals surface area contributed by atoms with E-state index in [2.05, 4.69) is 5.32 Å². The van der Waals surface area contributed by atoms with E-state index in [4.69, 9.17) is 0 Å². The van der Waals surface area contributed by atoms with Crippen LogP contribution in [0.25, 0.3) is 0 Å². The molecule has 1 fully saturated rings. The van der Waals surface area contributed by atoms with Crippen LogP contribution in [0.4, 0.5) is 17.1 Å². The zero-order valence-electron chi connectivity index (χ0n) is 14.3. The third kappa shape index (κ3) is 3.56. The molecule has 0 unspecified atom stereocenters. The zero-order valence-corrected chi connectivity index (χ0v) is 14.3. The summed E-state index contributed by atoms with van der Waals surface area (Å²) >= 11 is 0. The van der Waals surface area contributed by atoms with Gasteiger partial charge in [-0.05, 0) is 24.1 Å². The fourth-order valence-corrected chi connectivity index (χ4v) is 3.00. The Morgan fingerprint density at radius 1 is 1.19 bits per heavy atom. The lowest BCUT2D eigenvalue weighted by molar-refractivity contribution is -0.383. The first-order valence-corrected chi connectivity index (χ1v) is 8.40. The number of carbonyl (C=O) groups is 2. The molecule has 7 heteroatoms. The predicted molar refractivity (Wildman–Crippen MR) is 98.0 cm³/mol. The minimum atomic E-state index is -0.511. The van der Waals surface area contributed by atoms with E-state index in [1.165, 1.54) is 6.07 Å². The van der Waals surface area contributed by atoms with Crippen molar-refractivity contribution in [2.45, 2.75) is 19.8 Å². The lowest BCUT2D eigenvalue weighted by Crippen LogP contribution is -2.30. The molecule has 3 rings (SSSR count). The highest BCUT2D eigenvalue weighted by molar-refractivity contribution is 6.21. The number of carbonyl (C=O) groups excluding carboxylic acids is 2. The molecule has 0 spiro atoms. The van der Waals surface area contributed by atoms with Crippen molar-refractivity contribution in [2.24, 2.45) is 5.92 Å². The van der Waals surface area contributed by atoms with Crippen molar-refractivity contribution >= 4 is 28.9 Å². The van der Waals surface area contributed by atoms with Gasteiger partial charge in [0.25, 0.3) is 5.69 Å². The lowest BCUT2D eigenvalue weighted by atomic mass is 10.1. The van der Waals surface area contributed by atoms with Crippen LogP contribution in [0, 0.1) is 16.0 Å². The largest absolute Gasteiger partial charge is 0.379 e. The van der Waals surface area contributed by atoms with Gasteiger partial charge in [0.2, 0.25) is 11.8 Å². The summed E-state index contributed by atoms with van der Waals surface area (Å²) in [6.07, 6.45) is 0.851. The monoisotopic (exact) mass is 353 g/mol. The SMILES string of the molecule is C[C@H]1CC(=O)N(c2ccc(NCCc3ccccc3)c([N+](=O)[O-])c2)C1=O. The summed E-state index contributed by atoms with van der Waals surface area (Å²) in [6.45, 7) is 2.21. The standard InChI is InChI=1S/C19H19N3O4/c1-13-11-18(23)21(19(13)24)15-7-8-16(17(12-15)22(25)26)20-10-9-14-5-3-2-4-6-14/h2-8,12-13,20H,9-11H2,1H3/t13-/m0/s1. The summed E-state index contributed by atoms with van der Waals surface area (Å²) in [5.74, 6) is -1.05. The van der Waals surface area contributed by atoms with Gasteiger partial charge in [-0.3, -0.25) is 24.6 Å². The van der Waals surface area contributed by atoms with E-state index < -0.39 is 10.8 Å². The van der Waals surface area contributed by atoms with Crippen LogP contribution < -0.4 is 10.2 Å². The van der Waals surface area contributed by atoms with Crippen LogP contribution in [0.2, 0.25) is 0 Å². The summed E-state index contributed by atoms with van der Waals surface area (Å²) in [5.41, 5.74) is 1.57. The minimum Gasteiger partial charge on any atom is -0.379 e. The number of nitro groups is 1. The Kier molecular flexibility index (Phi) is 4.97. The van der Waals surface area contributed by atoms with Gasteiger partial charge < -0.3 is 5.32 Å². The number of benzene rings is 2. The molecule has 1 aliphatic rings. The van der Waals surface area contributed by atoms with Crippen LogP contribution in [-0.2, 0) is 16.0 Å². The second-order valence-electron chi connectivity index (χ2n) is 6.29. The van der Waals surface area contributed by atoms with Gasteiger partial charge in [0.15, 0.2) is 0 Å². The first kappa shape index (κ1) is 17.6. The number of hydrogen-bond donors (Lipinski definition) is 1. The Morgan fingerprint density at radius 3 is 2.54 bits per heavy atom. The van der Waals surface area contributed by atoms with Gasteiger partial charge in [-0.2, -0.15) is 0 Å². The molecule has 0 aliphatic carbocycles. The minimum absolute atomic E-state index is 0.129. The number of rotatable bonds is 6. The van der Waals surface area contributed by atoms with Gasteiger partial charge in [-0.15, -0.1) is 0 Å². The number of nitro benzene ring substituents is 1. The molecule has 1 N–H and O–H groups in total. The molecule has 1 atom stereocenters. The summed E-state index contributed by atoms with van der Waals surface area (Å²) in [7, 11) is 0. The molecule has 0 bridgehead atoms. The van der Waals surface area contributed by atoms with Crippen LogP contribution in [0.3, 0.4) is 0 Å². The fraction of sp³-hybridized carbons (Fsp3) is 0.263. The maximum Gasteiger partial charge on any atom is 0.294 e. The molecule has 0 saturated carbocycles. The van der Waals surface area contributed by atoms with Crippen molar-refractivity contribution in [1.29, 1.82) is 0 Å². The molecular formula is C19H19N3O4. The number of nitrogens with zero attached hydrogens (tertiary/aromatic N) is 2.